The number of aromatic nitrogens is 5. The maximum absolute atomic E-state index is 13.6. The molecule has 1 amide bonds. The Hall–Kier alpha value is -4.40. The van der Waals surface area contributed by atoms with Crippen molar-refractivity contribution in [3.8, 4) is 11.4 Å². The molecular formula is C23H18FN7O. The van der Waals surface area contributed by atoms with Crippen molar-refractivity contribution in [1.29, 1.82) is 0 Å². The summed E-state index contributed by atoms with van der Waals surface area (Å²) in [5, 5.41) is 10.7. The fraction of sp³-hybridized carbons (Fsp3) is 0.0870. The fourth-order valence-electron chi connectivity index (χ4n) is 3.64. The number of halogens is 1. The van der Waals surface area contributed by atoms with Crippen molar-refractivity contribution < 1.29 is 9.18 Å². The molecule has 0 spiro atoms. The van der Waals surface area contributed by atoms with Crippen LogP contribution in [0.2, 0.25) is 0 Å². The first-order valence-corrected chi connectivity index (χ1v) is 9.93. The minimum absolute atomic E-state index is 0.341. The SMILES string of the molecule is CC1=C(C(=O)Nc2ccccn2)C(c2ccc(F)cc2)n2nc(-c3cccnc3)nc2N1. The molecule has 1 aliphatic heterocycles. The van der Waals surface area contributed by atoms with E-state index in [-0.39, 0.29) is 11.7 Å². The molecule has 1 atom stereocenters. The summed E-state index contributed by atoms with van der Waals surface area (Å²) in [6.45, 7) is 1.80. The Morgan fingerprint density at radius 1 is 1.09 bits per heavy atom. The number of fused-ring (bicyclic) bond motifs is 1. The van der Waals surface area contributed by atoms with Crippen LogP contribution in [0.3, 0.4) is 0 Å². The molecular weight excluding hydrogens is 409 g/mol. The van der Waals surface area contributed by atoms with Crippen LogP contribution in [-0.4, -0.2) is 30.6 Å². The van der Waals surface area contributed by atoms with Crippen molar-refractivity contribution in [2.45, 2.75) is 13.0 Å². The maximum Gasteiger partial charge on any atom is 0.257 e. The molecule has 32 heavy (non-hydrogen) atoms. The molecule has 0 aliphatic carbocycles. The number of carbonyl (C=O) groups excluding carboxylic acids is 1. The zero-order valence-electron chi connectivity index (χ0n) is 17.0. The van der Waals surface area contributed by atoms with Gasteiger partial charge in [-0.15, -0.1) is 5.10 Å². The Bertz CT molecular complexity index is 1300. The highest BCUT2D eigenvalue weighted by molar-refractivity contribution is 6.05. The summed E-state index contributed by atoms with van der Waals surface area (Å²) in [6.07, 6.45) is 4.94. The number of nitrogens with one attached hydrogen (secondary N) is 2. The van der Waals surface area contributed by atoms with Crippen LogP contribution in [0, 0.1) is 5.82 Å². The van der Waals surface area contributed by atoms with Crippen molar-refractivity contribution in [3.05, 3.63) is 95.8 Å². The van der Waals surface area contributed by atoms with E-state index in [1.165, 1.54) is 12.1 Å². The molecule has 9 heteroatoms. The highest BCUT2D eigenvalue weighted by Gasteiger charge is 2.34. The van der Waals surface area contributed by atoms with Crippen LogP contribution in [-0.2, 0) is 4.79 Å². The third-order valence-electron chi connectivity index (χ3n) is 5.11. The van der Waals surface area contributed by atoms with Crippen LogP contribution in [0.4, 0.5) is 16.2 Å². The molecule has 0 saturated heterocycles. The van der Waals surface area contributed by atoms with Gasteiger partial charge in [-0.3, -0.25) is 9.78 Å². The number of benzene rings is 1. The highest BCUT2D eigenvalue weighted by Crippen LogP contribution is 2.36. The highest BCUT2D eigenvalue weighted by atomic mass is 19.1. The Morgan fingerprint density at radius 3 is 2.66 bits per heavy atom. The second-order valence-corrected chi connectivity index (χ2v) is 7.23. The van der Waals surface area contributed by atoms with Crippen LogP contribution in [0.25, 0.3) is 11.4 Å². The third-order valence-corrected chi connectivity index (χ3v) is 5.11. The normalized spacial score (nSPS) is 15.1. The summed E-state index contributed by atoms with van der Waals surface area (Å²) < 4.78 is 15.3. The van der Waals surface area contributed by atoms with Gasteiger partial charge in [0.15, 0.2) is 5.82 Å². The quantitative estimate of drug-likeness (QED) is 0.514. The van der Waals surface area contributed by atoms with Gasteiger partial charge in [0.25, 0.3) is 5.91 Å². The molecule has 1 aliphatic rings. The first-order valence-electron chi connectivity index (χ1n) is 9.93. The van der Waals surface area contributed by atoms with Crippen LogP contribution in [0.1, 0.15) is 18.5 Å². The fourth-order valence-corrected chi connectivity index (χ4v) is 3.64. The van der Waals surface area contributed by atoms with E-state index < -0.39 is 6.04 Å². The van der Waals surface area contributed by atoms with Gasteiger partial charge in [-0.1, -0.05) is 18.2 Å². The smallest absolute Gasteiger partial charge is 0.257 e. The van der Waals surface area contributed by atoms with Crippen molar-refractivity contribution in [3.63, 3.8) is 0 Å². The summed E-state index contributed by atoms with van der Waals surface area (Å²) in [6, 6.07) is 14.3. The predicted octanol–water partition coefficient (Wildman–Crippen LogP) is 3.80. The molecule has 1 unspecified atom stereocenters. The van der Waals surface area contributed by atoms with Crippen molar-refractivity contribution in [1.82, 2.24) is 24.7 Å². The standard InChI is InChI=1S/C23H18FN7O/c1-14-19(22(32)28-18-6-2-3-12-26-18)20(15-7-9-17(24)10-8-15)31-23(27-14)29-21(30-31)16-5-4-11-25-13-16/h2-13,20H,1H3,(H,26,28,32)(H,27,29,30). The zero-order valence-corrected chi connectivity index (χ0v) is 17.0. The van der Waals surface area contributed by atoms with E-state index in [0.717, 1.165) is 5.56 Å². The van der Waals surface area contributed by atoms with Gasteiger partial charge in [-0.05, 0) is 48.9 Å². The summed E-state index contributed by atoms with van der Waals surface area (Å²) in [4.78, 5) is 26.2. The minimum atomic E-state index is -0.617. The van der Waals surface area contributed by atoms with Gasteiger partial charge in [0.2, 0.25) is 5.95 Å². The number of amides is 1. The number of carbonyl (C=O) groups is 1. The Kier molecular flexibility index (Phi) is 4.91. The van der Waals surface area contributed by atoms with Gasteiger partial charge >= 0.3 is 0 Å². The molecule has 4 aromatic rings. The number of anilines is 2. The third kappa shape index (κ3) is 3.60. The summed E-state index contributed by atoms with van der Waals surface area (Å²) in [7, 11) is 0. The summed E-state index contributed by atoms with van der Waals surface area (Å²) in [5.74, 6) is 0.665. The molecule has 0 fully saturated rings. The van der Waals surface area contributed by atoms with E-state index >= 15 is 0 Å². The zero-order chi connectivity index (χ0) is 22.1. The average molecular weight is 427 g/mol. The van der Waals surface area contributed by atoms with E-state index in [2.05, 4.69) is 30.7 Å². The van der Waals surface area contributed by atoms with E-state index in [1.54, 1.807) is 66.6 Å². The van der Waals surface area contributed by atoms with Gasteiger partial charge in [0.05, 0.1) is 5.57 Å². The first kappa shape index (κ1) is 19.6. The van der Waals surface area contributed by atoms with E-state index in [4.69, 9.17) is 0 Å². The number of allylic oxidation sites excluding steroid dienone is 1. The van der Waals surface area contributed by atoms with Crippen molar-refractivity contribution in [2.24, 2.45) is 0 Å². The van der Waals surface area contributed by atoms with Gasteiger partial charge in [0.1, 0.15) is 17.7 Å². The monoisotopic (exact) mass is 427 g/mol. The lowest BCUT2D eigenvalue weighted by atomic mass is 9.95. The van der Waals surface area contributed by atoms with Gasteiger partial charge in [0, 0.05) is 29.9 Å². The average Bonchev–Trinajstić information content (AvgIpc) is 3.23. The summed E-state index contributed by atoms with van der Waals surface area (Å²) in [5.41, 5.74) is 2.48. The number of pyridine rings is 2. The minimum Gasteiger partial charge on any atom is -0.328 e. The van der Waals surface area contributed by atoms with Gasteiger partial charge in [-0.2, -0.15) is 4.98 Å². The largest absolute Gasteiger partial charge is 0.328 e. The van der Waals surface area contributed by atoms with E-state index in [1.807, 2.05) is 6.07 Å². The number of hydrogen-bond acceptors (Lipinski definition) is 6. The van der Waals surface area contributed by atoms with Gasteiger partial charge < -0.3 is 10.6 Å². The van der Waals surface area contributed by atoms with Crippen LogP contribution in [0.15, 0.2) is 84.5 Å². The molecule has 1 aromatic carbocycles. The predicted molar refractivity (Wildman–Crippen MR) is 117 cm³/mol. The summed E-state index contributed by atoms with van der Waals surface area (Å²) >= 11 is 0. The van der Waals surface area contributed by atoms with E-state index in [0.29, 0.717) is 34.4 Å². The Labute approximate surface area is 182 Å². The first-order chi connectivity index (χ1) is 15.6. The molecule has 3 aromatic heterocycles. The molecule has 8 nitrogen and oxygen atoms in total. The Balaban J connectivity index is 1.60. The van der Waals surface area contributed by atoms with Crippen molar-refractivity contribution in [2.75, 3.05) is 10.6 Å². The molecule has 5 rings (SSSR count). The molecule has 2 N–H and O–H groups in total. The Morgan fingerprint density at radius 2 is 1.94 bits per heavy atom. The van der Waals surface area contributed by atoms with Crippen LogP contribution >= 0.6 is 0 Å². The van der Waals surface area contributed by atoms with Crippen molar-refractivity contribution >= 4 is 17.7 Å². The van der Waals surface area contributed by atoms with E-state index in [9.17, 15) is 9.18 Å². The van der Waals surface area contributed by atoms with Gasteiger partial charge in [-0.25, -0.2) is 14.1 Å². The lowest BCUT2D eigenvalue weighted by Crippen LogP contribution is -2.31. The van der Waals surface area contributed by atoms with Crippen LogP contribution < -0.4 is 10.6 Å². The topological polar surface area (TPSA) is 97.6 Å². The number of nitrogens with zero attached hydrogens (tertiary/aromatic N) is 5. The lowest BCUT2D eigenvalue weighted by Gasteiger charge is -2.28. The molecule has 158 valence electrons. The number of hydrogen-bond donors (Lipinski definition) is 2. The second-order valence-electron chi connectivity index (χ2n) is 7.23. The molecule has 4 heterocycles. The van der Waals surface area contributed by atoms with Crippen LogP contribution in [0.5, 0.6) is 0 Å². The molecule has 0 radical (unpaired) electrons. The molecule has 0 saturated carbocycles. The second kappa shape index (κ2) is 8.03. The maximum atomic E-state index is 13.6. The number of rotatable bonds is 4. The lowest BCUT2D eigenvalue weighted by molar-refractivity contribution is -0.113. The molecule has 0 bridgehead atoms.